The van der Waals surface area contributed by atoms with Gasteiger partial charge in [0, 0.05) is 0 Å². The maximum absolute atomic E-state index is 13.4. The standard InChI is InChI=1S/C12H10ClF4NO3S/c13-11(14,15)12(16,17)22(20)18-9(7-21-10(18)19)6-8-4-2-1-3-5-8/h1-5,9H,6-7H2/t9-,22+/m0/s1. The second-order valence-electron chi connectivity index (χ2n) is 4.51. The van der Waals surface area contributed by atoms with Crippen LogP contribution in [0.1, 0.15) is 5.56 Å². The van der Waals surface area contributed by atoms with Gasteiger partial charge >= 0.3 is 16.7 Å². The molecule has 0 spiro atoms. The van der Waals surface area contributed by atoms with Crippen LogP contribution in [0.5, 0.6) is 0 Å². The number of alkyl halides is 5. The minimum atomic E-state index is -5.10. The lowest BCUT2D eigenvalue weighted by molar-refractivity contribution is -0.0954. The Balaban J connectivity index is 2.23. The molecule has 1 fully saturated rings. The largest absolute Gasteiger partial charge is 0.446 e. The Morgan fingerprint density at radius 3 is 2.41 bits per heavy atom. The van der Waals surface area contributed by atoms with Crippen LogP contribution in [0, 0.1) is 0 Å². The normalized spacial score (nSPS) is 20.9. The van der Waals surface area contributed by atoms with E-state index in [1.165, 1.54) is 0 Å². The van der Waals surface area contributed by atoms with E-state index in [9.17, 15) is 26.6 Å². The number of nitrogens with zero attached hydrogens (tertiary/aromatic N) is 1. The summed E-state index contributed by atoms with van der Waals surface area (Å²) in [6.07, 6.45) is -1.32. The van der Waals surface area contributed by atoms with Crippen LogP contribution in [0.3, 0.4) is 0 Å². The van der Waals surface area contributed by atoms with Crippen molar-refractivity contribution >= 4 is 28.7 Å². The first kappa shape index (κ1) is 17.0. The van der Waals surface area contributed by atoms with Gasteiger partial charge in [-0.15, -0.1) is 0 Å². The zero-order valence-corrected chi connectivity index (χ0v) is 12.4. The smallest absolute Gasteiger partial charge is 0.422 e. The molecule has 1 aromatic carbocycles. The first-order valence-electron chi connectivity index (χ1n) is 6.01. The molecule has 22 heavy (non-hydrogen) atoms. The average Bonchev–Trinajstić information content (AvgIpc) is 2.78. The highest BCUT2D eigenvalue weighted by Gasteiger charge is 2.64. The number of cyclic esters (lactones) is 1. The fourth-order valence-corrected chi connectivity index (χ4v) is 3.14. The molecule has 0 aliphatic carbocycles. The van der Waals surface area contributed by atoms with Crippen LogP contribution in [0.15, 0.2) is 30.3 Å². The summed E-state index contributed by atoms with van der Waals surface area (Å²) in [6.45, 7) is -0.330. The molecule has 122 valence electrons. The Morgan fingerprint density at radius 1 is 1.27 bits per heavy atom. The van der Waals surface area contributed by atoms with E-state index in [-0.39, 0.29) is 17.3 Å². The summed E-state index contributed by atoms with van der Waals surface area (Å²) >= 11 is 4.30. The van der Waals surface area contributed by atoms with Crippen LogP contribution in [-0.2, 0) is 22.1 Å². The monoisotopic (exact) mass is 359 g/mol. The number of ether oxygens (including phenoxy) is 1. The van der Waals surface area contributed by atoms with E-state index in [1.54, 1.807) is 30.3 Å². The van der Waals surface area contributed by atoms with Gasteiger partial charge in [-0.3, -0.25) is 0 Å². The summed E-state index contributed by atoms with van der Waals surface area (Å²) < 4.78 is 68.7. The summed E-state index contributed by atoms with van der Waals surface area (Å²) in [5.41, 5.74) is 0.647. The Morgan fingerprint density at radius 2 is 1.86 bits per heavy atom. The van der Waals surface area contributed by atoms with Crippen molar-refractivity contribution in [2.45, 2.75) is 23.1 Å². The summed E-state index contributed by atoms with van der Waals surface area (Å²) in [7, 11) is -3.67. The first-order valence-corrected chi connectivity index (χ1v) is 7.49. The highest BCUT2D eigenvalue weighted by Crippen LogP contribution is 2.42. The molecule has 10 heteroatoms. The Kier molecular flexibility index (Phi) is 4.67. The van der Waals surface area contributed by atoms with Crippen LogP contribution in [-0.4, -0.2) is 37.9 Å². The fraction of sp³-hybridized carbons (Fsp3) is 0.417. The summed E-state index contributed by atoms with van der Waals surface area (Å²) in [5, 5.41) is -10.2. The third-order valence-corrected chi connectivity index (χ3v) is 4.80. The van der Waals surface area contributed by atoms with E-state index in [0.29, 0.717) is 5.56 Å². The molecular weight excluding hydrogens is 350 g/mol. The lowest BCUT2D eigenvalue weighted by atomic mass is 10.1. The minimum Gasteiger partial charge on any atom is -0.446 e. The molecule has 1 aromatic rings. The Hall–Kier alpha value is -1.35. The second kappa shape index (κ2) is 6.04. The van der Waals surface area contributed by atoms with Crippen LogP contribution in [0.25, 0.3) is 0 Å². The van der Waals surface area contributed by atoms with Crippen molar-refractivity contribution in [1.29, 1.82) is 0 Å². The predicted molar refractivity (Wildman–Crippen MR) is 71.0 cm³/mol. The lowest BCUT2D eigenvalue weighted by Gasteiger charge is -2.27. The van der Waals surface area contributed by atoms with Crippen molar-refractivity contribution in [3.05, 3.63) is 35.9 Å². The SMILES string of the molecule is O=C1OC[C@H](Cc2ccccc2)N1[S@](=O)C(F)(F)C(F)(F)Cl. The van der Waals surface area contributed by atoms with E-state index in [2.05, 4.69) is 16.3 Å². The van der Waals surface area contributed by atoms with Gasteiger partial charge in [0.15, 0.2) is 0 Å². The number of rotatable bonds is 5. The molecule has 0 unspecified atom stereocenters. The molecule has 2 rings (SSSR count). The second-order valence-corrected chi connectivity index (χ2v) is 6.39. The van der Waals surface area contributed by atoms with Gasteiger partial charge in [-0.1, -0.05) is 30.3 Å². The zero-order chi connectivity index (χ0) is 16.5. The fourth-order valence-electron chi connectivity index (χ4n) is 1.90. The highest BCUT2D eigenvalue weighted by atomic mass is 35.5. The number of hydrogen-bond donors (Lipinski definition) is 0. The maximum Gasteiger partial charge on any atom is 0.422 e. The molecule has 4 nitrogen and oxygen atoms in total. The molecule has 1 heterocycles. The van der Waals surface area contributed by atoms with Gasteiger partial charge < -0.3 is 4.74 Å². The molecule has 0 aromatic heterocycles. The molecule has 0 radical (unpaired) electrons. The van der Waals surface area contributed by atoms with E-state index in [0.717, 1.165) is 0 Å². The number of hydrogen-bond acceptors (Lipinski definition) is 3. The zero-order valence-electron chi connectivity index (χ0n) is 10.8. The van der Waals surface area contributed by atoms with Crippen molar-refractivity contribution in [2.75, 3.05) is 6.61 Å². The van der Waals surface area contributed by atoms with Gasteiger partial charge in [0.05, 0.1) is 6.04 Å². The van der Waals surface area contributed by atoms with Gasteiger partial charge in [0.1, 0.15) is 6.61 Å². The number of halogens is 5. The predicted octanol–water partition coefficient (Wildman–Crippen LogP) is 3.14. The molecule has 0 saturated carbocycles. The molecule has 1 aliphatic rings. The molecule has 2 atom stereocenters. The van der Waals surface area contributed by atoms with Crippen molar-refractivity contribution < 1.29 is 31.3 Å². The molecule has 0 bridgehead atoms. The number of carbonyl (C=O) groups is 1. The molecule has 1 saturated heterocycles. The number of amides is 1. The molecule has 1 aliphatic heterocycles. The van der Waals surface area contributed by atoms with Crippen LogP contribution in [0.2, 0.25) is 0 Å². The lowest BCUT2D eigenvalue weighted by Crippen LogP contribution is -2.50. The van der Waals surface area contributed by atoms with E-state index >= 15 is 0 Å². The van der Waals surface area contributed by atoms with Crippen molar-refractivity contribution in [1.82, 2.24) is 4.31 Å². The molecule has 1 amide bonds. The number of benzene rings is 1. The van der Waals surface area contributed by atoms with Crippen LogP contribution >= 0.6 is 11.6 Å². The van der Waals surface area contributed by atoms with Gasteiger partial charge in [-0.05, 0) is 23.6 Å². The van der Waals surface area contributed by atoms with E-state index in [4.69, 9.17) is 0 Å². The first-order chi connectivity index (χ1) is 10.1. The van der Waals surface area contributed by atoms with E-state index < -0.39 is 33.8 Å². The molecular formula is C12H10ClF4NO3S. The van der Waals surface area contributed by atoms with Gasteiger partial charge in [0.25, 0.3) is 0 Å². The number of carbonyl (C=O) groups excluding carboxylic acids is 1. The molecule has 0 N–H and O–H groups in total. The Labute approximate surface area is 130 Å². The summed E-state index contributed by atoms with van der Waals surface area (Å²) in [4.78, 5) is 11.5. The highest BCUT2D eigenvalue weighted by molar-refractivity contribution is 7.84. The van der Waals surface area contributed by atoms with E-state index in [1.807, 2.05) is 0 Å². The average molecular weight is 360 g/mol. The van der Waals surface area contributed by atoms with Crippen LogP contribution < -0.4 is 0 Å². The third-order valence-electron chi connectivity index (χ3n) is 2.95. The summed E-state index contributed by atoms with van der Waals surface area (Å²) in [5.74, 6) is 0. The van der Waals surface area contributed by atoms with Gasteiger partial charge in [-0.2, -0.15) is 17.6 Å². The van der Waals surface area contributed by atoms with Gasteiger partial charge in [0.2, 0.25) is 11.0 Å². The quantitative estimate of drug-likeness (QED) is 0.599. The minimum absolute atomic E-state index is 0.0300. The third kappa shape index (κ3) is 3.19. The van der Waals surface area contributed by atoms with Crippen molar-refractivity contribution in [3.63, 3.8) is 0 Å². The maximum atomic E-state index is 13.4. The van der Waals surface area contributed by atoms with Gasteiger partial charge in [-0.25, -0.2) is 13.3 Å². The van der Waals surface area contributed by atoms with Crippen molar-refractivity contribution in [2.24, 2.45) is 0 Å². The van der Waals surface area contributed by atoms with Crippen molar-refractivity contribution in [3.8, 4) is 0 Å². The topological polar surface area (TPSA) is 46.6 Å². The van der Waals surface area contributed by atoms with Crippen LogP contribution in [0.4, 0.5) is 22.4 Å². The Bertz CT molecular complexity index is 581. The summed E-state index contributed by atoms with van der Waals surface area (Å²) in [6, 6.07) is 7.32.